The Morgan fingerprint density at radius 1 is 0.552 bits per heavy atom. The van der Waals surface area contributed by atoms with Gasteiger partial charge in [0.05, 0.1) is 13.2 Å². The predicted octanol–water partition coefficient (Wildman–Crippen LogP) is 12.2. The fourth-order valence-electron chi connectivity index (χ4n) is 6.58. The predicted molar refractivity (Wildman–Crippen MR) is 236 cm³/mol. The molecule has 0 bridgehead atoms. The van der Waals surface area contributed by atoms with E-state index in [1.54, 1.807) is 0 Å². The topological polar surface area (TPSA) is 169 Å². The minimum atomic E-state index is -4.75. The summed E-state index contributed by atoms with van der Waals surface area (Å²) in [5, 5.41) is 21.9. The summed E-state index contributed by atoms with van der Waals surface area (Å²) in [6, 6.07) is -1.55. The van der Waals surface area contributed by atoms with Gasteiger partial charge < -0.3 is 25.2 Å². The molecule has 0 rings (SSSR count). The molecule has 3 unspecified atom stereocenters. The van der Waals surface area contributed by atoms with Crippen molar-refractivity contribution in [2.75, 3.05) is 19.8 Å². The number of aliphatic hydroxyl groups is 1. The van der Waals surface area contributed by atoms with E-state index in [0.29, 0.717) is 12.8 Å². The lowest BCUT2D eigenvalue weighted by Gasteiger charge is -2.18. The number of hydrogen-bond donors (Lipinski definition) is 4. The monoisotopic (exact) mass is 844 g/mol. The summed E-state index contributed by atoms with van der Waals surface area (Å²) in [4.78, 5) is 46.0. The zero-order valence-electron chi connectivity index (χ0n) is 36.9. The lowest BCUT2D eigenvalue weighted by molar-refractivity contribution is -0.147. The molecule has 0 aromatic carbocycles. The van der Waals surface area contributed by atoms with Gasteiger partial charge in [0.1, 0.15) is 12.7 Å². The molecular weight excluding hydrogens is 757 g/mol. The number of carbonyl (C=O) groups is 3. The first-order chi connectivity index (χ1) is 28.1. The number of phosphoric acid groups is 1. The van der Waals surface area contributed by atoms with Gasteiger partial charge >= 0.3 is 19.8 Å². The Balaban J connectivity index is 3.85. The van der Waals surface area contributed by atoms with Crippen LogP contribution in [0.25, 0.3) is 0 Å². The minimum absolute atomic E-state index is 0.145. The van der Waals surface area contributed by atoms with Crippen LogP contribution in [0.2, 0.25) is 0 Å². The maximum atomic E-state index is 12.3. The van der Waals surface area contributed by atoms with Gasteiger partial charge in [-0.25, -0.2) is 9.36 Å². The lowest BCUT2D eigenvalue weighted by atomic mass is 10.0. The third-order valence-corrected chi connectivity index (χ3v) is 11.2. The molecule has 1 amide bonds. The van der Waals surface area contributed by atoms with Gasteiger partial charge in [0, 0.05) is 12.8 Å². The second-order valence-corrected chi connectivity index (χ2v) is 17.4. The first-order valence-electron chi connectivity index (χ1n) is 23.4. The Bertz CT molecular complexity index is 1080. The summed E-state index contributed by atoms with van der Waals surface area (Å²) >= 11 is 0. The average molecular weight is 844 g/mol. The normalized spacial score (nSPS) is 13.9. The average Bonchev–Trinajstić information content (AvgIpc) is 3.20. The summed E-state index contributed by atoms with van der Waals surface area (Å²) in [5.74, 6) is -2.36. The molecule has 340 valence electrons. The SMILES string of the molecule is CCCCC/C=C\C/C=C\CCCCCCCCCCCCCC(=O)NC(COP(=O)(O)OCC(O)COC(=O)CCCCCCCCCCCCCCC)C(=O)O. The van der Waals surface area contributed by atoms with E-state index in [4.69, 9.17) is 13.8 Å². The van der Waals surface area contributed by atoms with E-state index in [1.165, 1.54) is 135 Å². The second kappa shape index (κ2) is 41.7. The standard InChI is InChI=1S/C46H86NO10P/c1-3-5-7-9-11-13-15-17-18-19-20-21-22-23-24-26-27-29-31-33-35-37-44(49)47-43(46(51)52)41-57-58(53,54)56-40-42(48)39-55-45(50)38-36-34-32-30-28-25-16-14-12-10-8-6-4-2/h11,13,17-18,42-43,48H,3-10,12,14-16,19-41H2,1-2H3,(H,47,49)(H,51,52)(H,53,54)/b13-11-,18-17-. The fourth-order valence-corrected chi connectivity index (χ4v) is 7.35. The van der Waals surface area contributed by atoms with Crippen molar-refractivity contribution in [3.05, 3.63) is 24.3 Å². The number of carboxylic acid groups (broad SMARTS) is 1. The molecule has 0 heterocycles. The highest BCUT2D eigenvalue weighted by Crippen LogP contribution is 2.43. The van der Waals surface area contributed by atoms with Gasteiger partial charge in [-0.05, 0) is 44.9 Å². The van der Waals surface area contributed by atoms with Crippen LogP contribution < -0.4 is 5.32 Å². The van der Waals surface area contributed by atoms with Gasteiger partial charge in [0.15, 0.2) is 6.04 Å². The maximum absolute atomic E-state index is 12.3. The molecule has 12 heteroatoms. The highest BCUT2D eigenvalue weighted by molar-refractivity contribution is 7.47. The molecule has 0 aromatic heterocycles. The molecule has 3 atom stereocenters. The van der Waals surface area contributed by atoms with Crippen LogP contribution in [0.1, 0.15) is 219 Å². The molecule has 0 saturated heterocycles. The zero-order valence-corrected chi connectivity index (χ0v) is 37.8. The number of unbranched alkanes of at least 4 members (excludes halogenated alkanes) is 26. The van der Waals surface area contributed by atoms with E-state index >= 15 is 0 Å². The number of esters is 1. The van der Waals surface area contributed by atoms with E-state index in [2.05, 4.69) is 43.5 Å². The molecule has 11 nitrogen and oxygen atoms in total. The van der Waals surface area contributed by atoms with E-state index < -0.39 is 57.6 Å². The van der Waals surface area contributed by atoms with E-state index in [0.717, 1.165) is 44.9 Å². The fraction of sp³-hybridized carbons (Fsp3) is 0.848. The van der Waals surface area contributed by atoms with Crippen molar-refractivity contribution in [1.29, 1.82) is 0 Å². The van der Waals surface area contributed by atoms with Crippen molar-refractivity contribution in [3.63, 3.8) is 0 Å². The molecule has 0 aliphatic rings. The van der Waals surface area contributed by atoms with Crippen molar-refractivity contribution < 1.29 is 47.8 Å². The number of allylic oxidation sites excluding steroid dienone is 4. The van der Waals surface area contributed by atoms with Gasteiger partial charge in [-0.1, -0.05) is 186 Å². The highest BCUT2D eigenvalue weighted by atomic mass is 31.2. The molecule has 0 aliphatic carbocycles. The Labute approximate surface area is 353 Å². The number of amides is 1. The minimum Gasteiger partial charge on any atom is -0.480 e. The number of nitrogens with one attached hydrogen (secondary N) is 1. The molecule has 0 spiro atoms. The van der Waals surface area contributed by atoms with Crippen molar-refractivity contribution in [1.82, 2.24) is 5.32 Å². The Kier molecular flexibility index (Phi) is 40.2. The number of carboxylic acids is 1. The molecule has 4 N–H and O–H groups in total. The van der Waals surface area contributed by atoms with Gasteiger partial charge in [0.25, 0.3) is 0 Å². The maximum Gasteiger partial charge on any atom is 0.472 e. The van der Waals surface area contributed by atoms with Crippen molar-refractivity contribution >= 4 is 25.7 Å². The summed E-state index contributed by atoms with van der Waals surface area (Å²) in [6.07, 6.45) is 43.4. The molecule has 0 fully saturated rings. The molecule has 0 aromatic rings. The van der Waals surface area contributed by atoms with Crippen LogP contribution in [-0.2, 0) is 32.7 Å². The van der Waals surface area contributed by atoms with Crippen LogP contribution >= 0.6 is 7.82 Å². The van der Waals surface area contributed by atoms with Crippen LogP contribution in [-0.4, -0.2) is 64.9 Å². The van der Waals surface area contributed by atoms with Crippen LogP contribution in [0.5, 0.6) is 0 Å². The number of aliphatic carboxylic acids is 1. The third-order valence-electron chi connectivity index (χ3n) is 10.2. The van der Waals surface area contributed by atoms with Crippen LogP contribution in [0, 0.1) is 0 Å². The number of rotatable bonds is 44. The summed E-state index contributed by atoms with van der Waals surface area (Å²) < 4.78 is 26.9. The van der Waals surface area contributed by atoms with Gasteiger partial charge in [0.2, 0.25) is 5.91 Å². The van der Waals surface area contributed by atoms with Crippen molar-refractivity contribution in [3.8, 4) is 0 Å². The molecule has 0 saturated carbocycles. The quantitative estimate of drug-likeness (QED) is 0.0200. The number of hydrogen-bond acceptors (Lipinski definition) is 8. The molecular formula is C46H86NO10P. The Morgan fingerprint density at radius 2 is 0.948 bits per heavy atom. The molecule has 0 aliphatic heterocycles. The molecule has 58 heavy (non-hydrogen) atoms. The summed E-state index contributed by atoms with van der Waals surface area (Å²) in [5.41, 5.74) is 0. The van der Waals surface area contributed by atoms with Crippen molar-refractivity contribution in [2.45, 2.75) is 231 Å². The second-order valence-electron chi connectivity index (χ2n) is 15.9. The Morgan fingerprint density at radius 3 is 1.43 bits per heavy atom. The van der Waals surface area contributed by atoms with Gasteiger partial charge in [-0.3, -0.25) is 18.6 Å². The highest BCUT2D eigenvalue weighted by Gasteiger charge is 2.28. The number of phosphoric ester groups is 1. The van der Waals surface area contributed by atoms with E-state index in [1.807, 2.05) is 0 Å². The van der Waals surface area contributed by atoms with Crippen LogP contribution in [0.15, 0.2) is 24.3 Å². The van der Waals surface area contributed by atoms with E-state index in [-0.39, 0.29) is 12.8 Å². The first-order valence-corrected chi connectivity index (χ1v) is 24.9. The van der Waals surface area contributed by atoms with Crippen molar-refractivity contribution in [2.24, 2.45) is 0 Å². The number of ether oxygens (including phenoxy) is 1. The smallest absolute Gasteiger partial charge is 0.472 e. The Hall–Kier alpha value is -2.04. The first kappa shape index (κ1) is 56.0. The van der Waals surface area contributed by atoms with Crippen LogP contribution in [0.4, 0.5) is 0 Å². The van der Waals surface area contributed by atoms with Gasteiger partial charge in [-0.15, -0.1) is 0 Å². The molecule has 0 radical (unpaired) electrons. The zero-order chi connectivity index (χ0) is 42.8. The third kappa shape index (κ3) is 40.7. The van der Waals surface area contributed by atoms with E-state index in [9.17, 15) is 34.1 Å². The lowest BCUT2D eigenvalue weighted by Crippen LogP contribution is -2.43. The van der Waals surface area contributed by atoms with Gasteiger partial charge in [-0.2, -0.15) is 0 Å². The summed E-state index contributed by atoms with van der Waals surface area (Å²) in [6.45, 7) is 2.59. The number of aliphatic hydroxyl groups excluding tert-OH is 1. The number of carbonyl (C=O) groups excluding carboxylic acids is 2. The summed E-state index contributed by atoms with van der Waals surface area (Å²) in [7, 11) is -4.75. The van der Waals surface area contributed by atoms with Crippen LogP contribution in [0.3, 0.4) is 0 Å². The largest absolute Gasteiger partial charge is 0.480 e.